The Balaban J connectivity index is 2.16. The summed E-state index contributed by atoms with van der Waals surface area (Å²) in [5.41, 5.74) is 1.34. The number of imidazole rings is 1. The van der Waals surface area contributed by atoms with Crippen molar-refractivity contribution in [2.75, 3.05) is 13.7 Å². The number of methoxy groups -OCH3 is 1. The highest BCUT2D eigenvalue weighted by molar-refractivity contribution is 7.71. The van der Waals surface area contributed by atoms with Crippen LogP contribution < -0.4 is 4.74 Å². The standard InChI is InChI=1S/C12H16N4O3S/c1-3-19-8(17)5-4-6-16-10-9(15-12(16)20)11(18-2)14-7-13-10/h7H,3-6H2,1-2H3,(H,15,20). The van der Waals surface area contributed by atoms with Crippen LogP contribution in [0.1, 0.15) is 19.8 Å². The van der Waals surface area contributed by atoms with Crippen LogP contribution in [-0.2, 0) is 16.1 Å². The van der Waals surface area contributed by atoms with Crippen LogP contribution >= 0.6 is 12.2 Å². The number of hydrogen-bond acceptors (Lipinski definition) is 6. The number of fused-ring (bicyclic) bond motifs is 1. The molecule has 0 unspecified atom stereocenters. The second kappa shape index (κ2) is 6.47. The first kappa shape index (κ1) is 14.4. The molecule has 1 N–H and O–H groups in total. The number of aromatic amines is 1. The van der Waals surface area contributed by atoms with Gasteiger partial charge in [0.1, 0.15) is 11.8 Å². The number of carbonyl (C=O) groups is 1. The second-order valence-corrected chi connectivity index (χ2v) is 4.46. The van der Waals surface area contributed by atoms with Crippen molar-refractivity contribution >= 4 is 29.4 Å². The Labute approximate surface area is 120 Å². The maximum absolute atomic E-state index is 11.3. The topological polar surface area (TPSA) is 82.0 Å². The van der Waals surface area contributed by atoms with Crippen LogP contribution in [0, 0.1) is 4.77 Å². The third kappa shape index (κ3) is 2.96. The van der Waals surface area contributed by atoms with Gasteiger partial charge in [0.15, 0.2) is 10.4 Å². The Bertz CT molecular complexity index is 664. The predicted molar refractivity (Wildman–Crippen MR) is 75.1 cm³/mol. The number of esters is 1. The lowest BCUT2D eigenvalue weighted by molar-refractivity contribution is -0.143. The van der Waals surface area contributed by atoms with E-state index in [1.165, 1.54) is 13.4 Å². The number of ether oxygens (including phenoxy) is 2. The van der Waals surface area contributed by atoms with Gasteiger partial charge in [0.25, 0.3) is 0 Å². The van der Waals surface area contributed by atoms with E-state index >= 15 is 0 Å². The first-order valence-electron chi connectivity index (χ1n) is 6.30. The summed E-state index contributed by atoms with van der Waals surface area (Å²) in [6.45, 7) is 2.77. The molecule has 0 atom stereocenters. The Morgan fingerprint density at radius 3 is 3.00 bits per heavy atom. The summed E-state index contributed by atoms with van der Waals surface area (Å²) in [4.78, 5) is 22.5. The van der Waals surface area contributed by atoms with Gasteiger partial charge in [-0.15, -0.1) is 0 Å². The molecule has 0 bridgehead atoms. The lowest BCUT2D eigenvalue weighted by Gasteiger charge is -2.04. The van der Waals surface area contributed by atoms with Crippen LogP contribution in [0.15, 0.2) is 6.33 Å². The summed E-state index contributed by atoms with van der Waals surface area (Å²) in [5, 5.41) is 0. The van der Waals surface area contributed by atoms with Gasteiger partial charge in [0.2, 0.25) is 5.88 Å². The van der Waals surface area contributed by atoms with Crippen molar-refractivity contribution in [3.8, 4) is 5.88 Å². The fourth-order valence-corrected chi connectivity index (χ4v) is 2.20. The molecule has 0 aliphatic carbocycles. The quantitative estimate of drug-likeness (QED) is 0.647. The van der Waals surface area contributed by atoms with E-state index in [0.29, 0.717) is 47.8 Å². The molecule has 2 aromatic heterocycles. The van der Waals surface area contributed by atoms with E-state index in [1.54, 1.807) is 6.92 Å². The summed E-state index contributed by atoms with van der Waals surface area (Å²) in [5.74, 6) is 0.247. The largest absolute Gasteiger partial charge is 0.479 e. The molecule has 108 valence electrons. The molecule has 0 saturated heterocycles. The molecule has 8 heteroatoms. The summed E-state index contributed by atoms with van der Waals surface area (Å²) < 4.78 is 12.4. The smallest absolute Gasteiger partial charge is 0.305 e. The zero-order valence-electron chi connectivity index (χ0n) is 11.4. The van der Waals surface area contributed by atoms with E-state index in [9.17, 15) is 4.79 Å². The van der Waals surface area contributed by atoms with Gasteiger partial charge in [-0.25, -0.2) is 4.98 Å². The molecule has 2 rings (SSSR count). The van der Waals surface area contributed by atoms with E-state index in [1.807, 2.05) is 4.57 Å². The van der Waals surface area contributed by atoms with Crippen molar-refractivity contribution in [3.63, 3.8) is 0 Å². The third-order valence-electron chi connectivity index (χ3n) is 2.79. The zero-order valence-corrected chi connectivity index (χ0v) is 12.2. The molecule has 7 nitrogen and oxygen atoms in total. The van der Waals surface area contributed by atoms with Gasteiger partial charge in [-0.1, -0.05) is 0 Å². The summed E-state index contributed by atoms with van der Waals surface area (Å²) in [6.07, 6.45) is 2.41. The van der Waals surface area contributed by atoms with Crippen LogP contribution in [0.4, 0.5) is 0 Å². The van der Waals surface area contributed by atoms with Crippen molar-refractivity contribution in [2.45, 2.75) is 26.3 Å². The summed E-state index contributed by atoms with van der Waals surface area (Å²) in [6, 6.07) is 0. The normalized spacial score (nSPS) is 10.7. The van der Waals surface area contributed by atoms with E-state index < -0.39 is 0 Å². The van der Waals surface area contributed by atoms with Crippen LogP contribution in [0.25, 0.3) is 11.2 Å². The molecule has 0 radical (unpaired) electrons. The fourth-order valence-electron chi connectivity index (χ4n) is 1.92. The summed E-state index contributed by atoms with van der Waals surface area (Å²) >= 11 is 5.26. The van der Waals surface area contributed by atoms with Crippen LogP contribution in [0.3, 0.4) is 0 Å². The molecule has 20 heavy (non-hydrogen) atoms. The lowest BCUT2D eigenvalue weighted by Crippen LogP contribution is -2.06. The number of rotatable bonds is 6. The molecule has 0 aliphatic rings. The van der Waals surface area contributed by atoms with Crippen molar-refractivity contribution < 1.29 is 14.3 Å². The SMILES string of the molecule is CCOC(=O)CCCn1c(=S)[nH]c2c(OC)ncnc21. The number of nitrogens with zero attached hydrogens (tertiary/aromatic N) is 3. The second-order valence-electron chi connectivity index (χ2n) is 4.07. The molecule has 0 spiro atoms. The van der Waals surface area contributed by atoms with Gasteiger partial charge in [0, 0.05) is 13.0 Å². The number of carbonyl (C=O) groups excluding carboxylic acids is 1. The predicted octanol–water partition coefficient (Wildman–Crippen LogP) is 1.84. The average Bonchev–Trinajstić information content (AvgIpc) is 2.75. The minimum Gasteiger partial charge on any atom is -0.479 e. The van der Waals surface area contributed by atoms with Crippen molar-refractivity contribution in [3.05, 3.63) is 11.1 Å². The van der Waals surface area contributed by atoms with E-state index in [-0.39, 0.29) is 5.97 Å². The first-order chi connectivity index (χ1) is 9.67. The minimum absolute atomic E-state index is 0.203. The average molecular weight is 296 g/mol. The zero-order chi connectivity index (χ0) is 14.5. The van der Waals surface area contributed by atoms with Gasteiger partial charge in [-0.2, -0.15) is 4.98 Å². The number of aromatic nitrogens is 4. The highest BCUT2D eigenvalue weighted by Gasteiger charge is 2.11. The Kier molecular flexibility index (Phi) is 4.67. The number of hydrogen-bond donors (Lipinski definition) is 1. The highest BCUT2D eigenvalue weighted by Crippen LogP contribution is 2.20. The first-order valence-corrected chi connectivity index (χ1v) is 6.71. The maximum atomic E-state index is 11.3. The minimum atomic E-state index is -0.203. The molecule has 0 saturated carbocycles. The molecule has 0 amide bonds. The van der Waals surface area contributed by atoms with Crippen molar-refractivity contribution in [1.29, 1.82) is 0 Å². The van der Waals surface area contributed by atoms with Gasteiger partial charge in [-0.3, -0.25) is 4.79 Å². The number of nitrogens with one attached hydrogen (secondary N) is 1. The molecule has 2 aromatic rings. The molecule has 0 fully saturated rings. The van der Waals surface area contributed by atoms with Gasteiger partial charge in [0.05, 0.1) is 13.7 Å². The Morgan fingerprint density at radius 2 is 2.30 bits per heavy atom. The van der Waals surface area contributed by atoms with Crippen LogP contribution in [0.5, 0.6) is 5.88 Å². The summed E-state index contributed by atoms with van der Waals surface area (Å²) in [7, 11) is 1.54. The van der Waals surface area contributed by atoms with Crippen LogP contribution in [0.2, 0.25) is 0 Å². The monoisotopic (exact) mass is 296 g/mol. The maximum Gasteiger partial charge on any atom is 0.305 e. The van der Waals surface area contributed by atoms with E-state index in [2.05, 4.69) is 15.0 Å². The molecule has 0 aromatic carbocycles. The lowest BCUT2D eigenvalue weighted by atomic mass is 10.3. The number of H-pyrrole nitrogens is 1. The Morgan fingerprint density at radius 1 is 1.50 bits per heavy atom. The van der Waals surface area contributed by atoms with Gasteiger partial charge in [-0.05, 0) is 25.6 Å². The van der Waals surface area contributed by atoms with Gasteiger partial charge >= 0.3 is 5.97 Å². The van der Waals surface area contributed by atoms with Crippen molar-refractivity contribution in [2.24, 2.45) is 0 Å². The molecule has 0 aliphatic heterocycles. The Hall–Kier alpha value is -1.96. The highest BCUT2D eigenvalue weighted by atomic mass is 32.1. The van der Waals surface area contributed by atoms with Crippen LogP contribution in [-0.4, -0.2) is 39.2 Å². The molecular formula is C12H16N4O3S. The number of aryl methyl sites for hydroxylation is 1. The van der Waals surface area contributed by atoms with E-state index in [0.717, 1.165) is 0 Å². The fraction of sp³-hybridized carbons (Fsp3) is 0.500. The van der Waals surface area contributed by atoms with Gasteiger partial charge < -0.3 is 19.0 Å². The van der Waals surface area contributed by atoms with Crippen molar-refractivity contribution in [1.82, 2.24) is 19.5 Å². The molecule has 2 heterocycles. The van der Waals surface area contributed by atoms with E-state index in [4.69, 9.17) is 21.7 Å². The third-order valence-corrected chi connectivity index (χ3v) is 3.11. The molecular weight excluding hydrogens is 280 g/mol.